The number of halogens is 1. The molecule has 5 heteroatoms. The van der Waals surface area contributed by atoms with Gasteiger partial charge in [-0.15, -0.1) is 24.0 Å². The molecule has 22 heavy (non-hydrogen) atoms. The van der Waals surface area contributed by atoms with Gasteiger partial charge in [-0.25, -0.2) is 0 Å². The highest BCUT2D eigenvalue weighted by Crippen LogP contribution is 2.47. The summed E-state index contributed by atoms with van der Waals surface area (Å²) < 4.78 is 0. The van der Waals surface area contributed by atoms with Crippen molar-refractivity contribution in [2.24, 2.45) is 10.4 Å². The van der Waals surface area contributed by atoms with Crippen molar-refractivity contribution in [2.45, 2.75) is 51.4 Å². The number of nitrogens with zero attached hydrogens (tertiary/aromatic N) is 3. The van der Waals surface area contributed by atoms with Crippen LogP contribution in [0.3, 0.4) is 0 Å². The van der Waals surface area contributed by atoms with Crippen LogP contribution in [0.4, 0.5) is 0 Å². The van der Waals surface area contributed by atoms with Crippen LogP contribution in [0.25, 0.3) is 0 Å². The molecule has 1 aliphatic carbocycles. The molecule has 3 aliphatic rings. The van der Waals surface area contributed by atoms with E-state index in [4.69, 9.17) is 0 Å². The lowest BCUT2D eigenvalue weighted by Crippen LogP contribution is -2.45. The number of hydrogen-bond donors (Lipinski definition) is 1. The zero-order valence-corrected chi connectivity index (χ0v) is 16.5. The summed E-state index contributed by atoms with van der Waals surface area (Å²) in [5.41, 5.74) is 0.655. The lowest BCUT2D eigenvalue weighted by Gasteiger charge is -2.38. The van der Waals surface area contributed by atoms with Gasteiger partial charge in [0.15, 0.2) is 5.96 Å². The van der Waals surface area contributed by atoms with E-state index in [1.165, 1.54) is 77.5 Å². The molecule has 0 amide bonds. The Morgan fingerprint density at radius 2 is 1.73 bits per heavy atom. The number of guanidine groups is 1. The van der Waals surface area contributed by atoms with Gasteiger partial charge in [0.1, 0.15) is 0 Å². The van der Waals surface area contributed by atoms with Crippen molar-refractivity contribution in [1.82, 2.24) is 15.1 Å². The molecule has 0 atom stereocenters. The molecule has 0 radical (unpaired) electrons. The molecule has 0 unspecified atom stereocenters. The van der Waals surface area contributed by atoms with E-state index in [0.29, 0.717) is 5.41 Å². The molecular weight excluding hydrogens is 387 g/mol. The molecular formula is C17H33IN4. The lowest BCUT2D eigenvalue weighted by molar-refractivity contribution is 0.151. The van der Waals surface area contributed by atoms with E-state index in [2.05, 4.69) is 20.1 Å². The summed E-state index contributed by atoms with van der Waals surface area (Å²) in [6.45, 7) is 7.20. The molecule has 0 aromatic heterocycles. The van der Waals surface area contributed by atoms with E-state index in [1.54, 1.807) is 0 Å². The standard InChI is InChI=1S/C17H32N4.HI/c1-18-16(21-13-9-17(15-21)7-6-8-17)19-10-14-20-11-4-2-3-5-12-20;/h2-15H2,1H3,(H,18,19);1H. The van der Waals surface area contributed by atoms with E-state index in [0.717, 1.165) is 19.0 Å². The number of rotatable bonds is 3. The molecule has 2 aliphatic heterocycles. The van der Waals surface area contributed by atoms with Crippen LogP contribution in [0.15, 0.2) is 4.99 Å². The minimum Gasteiger partial charge on any atom is -0.355 e. The van der Waals surface area contributed by atoms with Crippen LogP contribution in [-0.2, 0) is 0 Å². The molecule has 2 saturated heterocycles. The highest BCUT2D eigenvalue weighted by atomic mass is 127. The van der Waals surface area contributed by atoms with Crippen LogP contribution in [0.5, 0.6) is 0 Å². The smallest absolute Gasteiger partial charge is 0.193 e. The summed E-state index contributed by atoms with van der Waals surface area (Å²) in [5.74, 6) is 1.13. The van der Waals surface area contributed by atoms with Crippen molar-refractivity contribution in [3.8, 4) is 0 Å². The Bertz CT molecular complexity index is 360. The van der Waals surface area contributed by atoms with E-state index >= 15 is 0 Å². The first kappa shape index (κ1) is 18.3. The van der Waals surface area contributed by atoms with Crippen molar-refractivity contribution in [2.75, 3.05) is 46.3 Å². The predicted octanol–water partition coefficient (Wildman–Crippen LogP) is 2.93. The fourth-order valence-corrected chi connectivity index (χ4v) is 4.22. The first-order valence-corrected chi connectivity index (χ1v) is 8.99. The molecule has 1 spiro atoms. The van der Waals surface area contributed by atoms with E-state index in [9.17, 15) is 0 Å². The van der Waals surface area contributed by atoms with Crippen LogP contribution in [0.1, 0.15) is 51.4 Å². The maximum atomic E-state index is 4.51. The molecule has 3 fully saturated rings. The van der Waals surface area contributed by atoms with Gasteiger partial charge in [-0.3, -0.25) is 4.99 Å². The van der Waals surface area contributed by atoms with Gasteiger partial charge in [-0.2, -0.15) is 0 Å². The summed E-state index contributed by atoms with van der Waals surface area (Å²) in [6.07, 6.45) is 11.3. The zero-order valence-electron chi connectivity index (χ0n) is 14.1. The Labute approximate surface area is 153 Å². The molecule has 2 heterocycles. The average molecular weight is 420 g/mol. The summed E-state index contributed by atoms with van der Waals surface area (Å²) >= 11 is 0. The summed E-state index contributed by atoms with van der Waals surface area (Å²) in [7, 11) is 1.93. The van der Waals surface area contributed by atoms with Crippen LogP contribution >= 0.6 is 24.0 Å². The molecule has 128 valence electrons. The molecule has 1 N–H and O–H groups in total. The number of nitrogens with one attached hydrogen (secondary N) is 1. The second-order valence-electron chi connectivity index (χ2n) is 7.25. The highest BCUT2D eigenvalue weighted by molar-refractivity contribution is 14.0. The van der Waals surface area contributed by atoms with Crippen molar-refractivity contribution in [3.05, 3.63) is 0 Å². The van der Waals surface area contributed by atoms with Gasteiger partial charge in [0.05, 0.1) is 0 Å². The van der Waals surface area contributed by atoms with Crippen molar-refractivity contribution in [3.63, 3.8) is 0 Å². The first-order chi connectivity index (χ1) is 10.3. The molecule has 4 nitrogen and oxygen atoms in total. The third kappa shape index (κ3) is 4.49. The second kappa shape index (κ2) is 8.71. The Hall–Kier alpha value is -0.0400. The third-order valence-electron chi connectivity index (χ3n) is 5.77. The van der Waals surface area contributed by atoms with Crippen molar-refractivity contribution in [1.29, 1.82) is 0 Å². The quantitative estimate of drug-likeness (QED) is 0.433. The number of hydrogen-bond acceptors (Lipinski definition) is 2. The van der Waals surface area contributed by atoms with Crippen molar-refractivity contribution >= 4 is 29.9 Å². The van der Waals surface area contributed by atoms with E-state index in [-0.39, 0.29) is 24.0 Å². The fraction of sp³-hybridized carbons (Fsp3) is 0.941. The highest BCUT2D eigenvalue weighted by Gasteiger charge is 2.43. The van der Waals surface area contributed by atoms with Gasteiger partial charge >= 0.3 is 0 Å². The monoisotopic (exact) mass is 420 g/mol. The largest absolute Gasteiger partial charge is 0.355 e. The maximum Gasteiger partial charge on any atom is 0.193 e. The molecule has 1 saturated carbocycles. The molecule has 0 aromatic rings. The Kier molecular flexibility index (Phi) is 7.25. The van der Waals surface area contributed by atoms with E-state index in [1.807, 2.05) is 7.05 Å². The Morgan fingerprint density at radius 1 is 1.00 bits per heavy atom. The third-order valence-corrected chi connectivity index (χ3v) is 5.77. The van der Waals surface area contributed by atoms with Gasteiger partial charge in [0, 0.05) is 33.2 Å². The summed E-state index contributed by atoms with van der Waals surface area (Å²) in [6, 6.07) is 0. The lowest BCUT2D eigenvalue weighted by atomic mass is 9.68. The van der Waals surface area contributed by atoms with Gasteiger partial charge in [0.25, 0.3) is 0 Å². The van der Waals surface area contributed by atoms with Crippen LogP contribution < -0.4 is 5.32 Å². The van der Waals surface area contributed by atoms with Crippen LogP contribution in [0.2, 0.25) is 0 Å². The Morgan fingerprint density at radius 3 is 2.27 bits per heavy atom. The minimum atomic E-state index is 0. The van der Waals surface area contributed by atoms with Gasteiger partial charge < -0.3 is 15.1 Å². The summed E-state index contributed by atoms with van der Waals surface area (Å²) in [4.78, 5) is 9.61. The SMILES string of the molecule is CN=C(NCCN1CCCCCC1)N1CCC2(CCC2)C1.I. The topological polar surface area (TPSA) is 30.9 Å². The summed E-state index contributed by atoms with van der Waals surface area (Å²) in [5, 5.41) is 3.60. The number of likely N-dealkylation sites (tertiary alicyclic amines) is 2. The zero-order chi connectivity index (χ0) is 14.5. The van der Waals surface area contributed by atoms with Crippen LogP contribution in [-0.4, -0.2) is 62.1 Å². The van der Waals surface area contributed by atoms with Crippen molar-refractivity contribution < 1.29 is 0 Å². The normalized spacial score (nSPS) is 25.5. The Balaban J connectivity index is 0.00000176. The number of aliphatic imine (C=N–C) groups is 1. The maximum absolute atomic E-state index is 4.51. The molecule has 0 bridgehead atoms. The van der Waals surface area contributed by atoms with Gasteiger partial charge in [-0.05, 0) is 50.6 Å². The van der Waals surface area contributed by atoms with Crippen LogP contribution in [0, 0.1) is 5.41 Å². The average Bonchev–Trinajstić information content (AvgIpc) is 2.76. The fourth-order valence-electron chi connectivity index (χ4n) is 4.22. The molecule has 3 rings (SSSR count). The van der Waals surface area contributed by atoms with Gasteiger partial charge in [-0.1, -0.05) is 19.3 Å². The first-order valence-electron chi connectivity index (χ1n) is 8.99. The second-order valence-corrected chi connectivity index (χ2v) is 7.25. The molecule has 0 aromatic carbocycles. The minimum absolute atomic E-state index is 0. The predicted molar refractivity (Wildman–Crippen MR) is 104 cm³/mol. The van der Waals surface area contributed by atoms with E-state index < -0.39 is 0 Å². The van der Waals surface area contributed by atoms with Gasteiger partial charge in [0.2, 0.25) is 0 Å².